The van der Waals surface area contributed by atoms with Gasteiger partial charge in [0.25, 0.3) is 0 Å². The zero-order valence-corrected chi connectivity index (χ0v) is 10.3. The lowest BCUT2D eigenvalue weighted by atomic mass is 10.2. The maximum atomic E-state index is 5.93. The third-order valence-corrected chi connectivity index (χ3v) is 2.82. The monoisotopic (exact) mass is 260 g/mol. The fraction of sp³-hybridized carbons (Fsp3) is 0.0833. The number of nitrogens with one attached hydrogen (secondary N) is 1. The summed E-state index contributed by atoms with van der Waals surface area (Å²) in [6.07, 6.45) is 3.15. The topological polar surface area (TPSA) is 63.7 Å². The van der Waals surface area contributed by atoms with Gasteiger partial charge in [0.2, 0.25) is 0 Å². The Morgan fingerprint density at radius 1 is 1.33 bits per heavy atom. The number of imidazole rings is 1. The van der Waals surface area contributed by atoms with Crippen LogP contribution in [0.5, 0.6) is 5.75 Å². The van der Waals surface area contributed by atoms with Crippen LogP contribution in [0.25, 0.3) is 22.6 Å². The highest BCUT2D eigenvalue weighted by Crippen LogP contribution is 2.31. The molecule has 5 nitrogen and oxygen atoms in total. The molecule has 0 unspecified atom stereocenters. The molecule has 0 amide bonds. The number of aromatic nitrogens is 4. The van der Waals surface area contributed by atoms with Crippen molar-refractivity contribution < 1.29 is 4.74 Å². The van der Waals surface area contributed by atoms with Crippen molar-refractivity contribution in [3.8, 4) is 17.1 Å². The van der Waals surface area contributed by atoms with Gasteiger partial charge >= 0.3 is 0 Å². The zero-order valence-electron chi connectivity index (χ0n) is 9.51. The normalized spacial score (nSPS) is 10.8. The van der Waals surface area contributed by atoms with Gasteiger partial charge < -0.3 is 9.72 Å². The molecule has 1 aromatic carbocycles. The minimum absolute atomic E-state index is 0.617. The molecular formula is C12H9ClN4O. The minimum atomic E-state index is 0.617. The molecule has 18 heavy (non-hydrogen) atoms. The number of fused-ring (bicyclic) bond motifs is 1. The van der Waals surface area contributed by atoms with Crippen LogP contribution in [0.2, 0.25) is 5.02 Å². The maximum absolute atomic E-state index is 5.93. The van der Waals surface area contributed by atoms with Gasteiger partial charge in [0, 0.05) is 5.02 Å². The van der Waals surface area contributed by atoms with E-state index in [9.17, 15) is 0 Å². The molecule has 2 heterocycles. The standard InChI is InChI=1S/C12H9ClN4O/c1-18-10-4-7(13)2-3-8(10)11-16-9-5-14-6-15-12(9)17-11/h2-6H,1H3,(H,14,15,16,17). The van der Waals surface area contributed by atoms with E-state index in [4.69, 9.17) is 16.3 Å². The molecule has 2 aromatic heterocycles. The SMILES string of the molecule is COc1cc(Cl)ccc1-c1nc2ncncc2[nH]1. The van der Waals surface area contributed by atoms with E-state index in [1.165, 1.54) is 6.33 Å². The van der Waals surface area contributed by atoms with Crippen LogP contribution in [0, 0.1) is 0 Å². The average Bonchev–Trinajstić information content (AvgIpc) is 2.82. The highest BCUT2D eigenvalue weighted by atomic mass is 35.5. The second kappa shape index (κ2) is 4.27. The van der Waals surface area contributed by atoms with Gasteiger partial charge in [-0.3, -0.25) is 0 Å². The molecule has 0 atom stereocenters. The smallest absolute Gasteiger partial charge is 0.181 e. The van der Waals surface area contributed by atoms with Gasteiger partial charge in [0.05, 0.1) is 18.9 Å². The summed E-state index contributed by atoms with van der Waals surface area (Å²) in [5, 5.41) is 0.617. The summed E-state index contributed by atoms with van der Waals surface area (Å²) in [6, 6.07) is 5.39. The Morgan fingerprint density at radius 2 is 2.22 bits per heavy atom. The van der Waals surface area contributed by atoms with Crippen LogP contribution in [0.15, 0.2) is 30.7 Å². The number of hydrogen-bond donors (Lipinski definition) is 1. The third-order valence-electron chi connectivity index (χ3n) is 2.58. The first kappa shape index (κ1) is 11.0. The van der Waals surface area contributed by atoms with Crippen LogP contribution in [0.1, 0.15) is 0 Å². The Balaban J connectivity index is 2.19. The van der Waals surface area contributed by atoms with Gasteiger partial charge in [-0.1, -0.05) is 11.6 Å². The number of benzene rings is 1. The summed E-state index contributed by atoms with van der Waals surface area (Å²) >= 11 is 5.93. The minimum Gasteiger partial charge on any atom is -0.496 e. The first-order valence-electron chi connectivity index (χ1n) is 5.27. The molecule has 0 aliphatic rings. The maximum Gasteiger partial charge on any atom is 0.181 e. The van der Waals surface area contributed by atoms with Gasteiger partial charge in [-0.15, -0.1) is 0 Å². The molecule has 1 N–H and O–H groups in total. The van der Waals surface area contributed by atoms with E-state index >= 15 is 0 Å². The van der Waals surface area contributed by atoms with Crippen molar-refractivity contribution in [3.63, 3.8) is 0 Å². The van der Waals surface area contributed by atoms with Gasteiger partial charge in [-0.25, -0.2) is 15.0 Å². The van der Waals surface area contributed by atoms with Crippen molar-refractivity contribution in [2.45, 2.75) is 0 Å². The molecule has 0 bridgehead atoms. The summed E-state index contributed by atoms with van der Waals surface area (Å²) in [5.41, 5.74) is 2.24. The largest absolute Gasteiger partial charge is 0.496 e. The summed E-state index contributed by atoms with van der Waals surface area (Å²) in [4.78, 5) is 15.6. The van der Waals surface area contributed by atoms with Crippen LogP contribution in [0.3, 0.4) is 0 Å². The second-order valence-corrected chi connectivity index (χ2v) is 4.13. The molecule has 3 rings (SSSR count). The summed E-state index contributed by atoms with van der Waals surface area (Å²) in [7, 11) is 1.59. The number of aromatic amines is 1. The number of halogens is 1. The highest BCUT2D eigenvalue weighted by molar-refractivity contribution is 6.30. The Hall–Kier alpha value is -2.14. The fourth-order valence-corrected chi connectivity index (χ4v) is 1.91. The summed E-state index contributed by atoms with van der Waals surface area (Å²) in [6.45, 7) is 0. The van der Waals surface area contributed by atoms with Gasteiger partial charge in [-0.05, 0) is 18.2 Å². The van der Waals surface area contributed by atoms with Crippen LogP contribution in [0.4, 0.5) is 0 Å². The van der Waals surface area contributed by atoms with E-state index in [1.54, 1.807) is 25.4 Å². The van der Waals surface area contributed by atoms with E-state index in [0.29, 0.717) is 22.2 Å². The predicted octanol–water partition coefficient (Wildman–Crippen LogP) is 2.68. The molecular weight excluding hydrogens is 252 g/mol. The van der Waals surface area contributed by atoms with Gasteiger partial charge in [0.1, 0.15) is 23.4 Å². The fourth-order valence-electron chi connectivity index (χ4n) is 1.75. The van der Waals surface area contributed by atoms with Gasteiger partial charge in [-0.2, -0.15) is 0 Å². The van der Waals surface area contributed by atoms with E-state index < -0.39 is 0 Å². The number of rotatable bonds is 2. The number of methoxy groups -OCH3 is 1. The van der Waals surface area contributed by atoms with Crippen LogP contribution in [-0.2, 0) is 0 Å². The Bertz CT molecular complexity index is 677. The van der Waals surface area contributed by atoms with Crippen molar-refractivity contribution in [1.29, 1.82) is 0 Å². The van der Waals surface area contributed by atoms with Crippen molar-refractivity contribution in [2.75, 3.05) is 7.11 Å². The van der Waals surface area contributed by atoms with E-state index in [-0.39, 0.29) is 0 Å². The molecule has 0 spiro atoms. The molecule has 6 heteroatoms. The third kappa shape index (κ3) is 1.78. The van der Waals surface area contributed by atoms with Crippen molar-refractivity contribution in [3.05, 3.63) is 35.7 Å². The van der Waals surface area contributed by atoms with Crippen LogP contribution in [-0.4, -0.2) is 27.0 Å². The number of hydrogen-bond acceptors (Lipinski definition) is 4. The lowest BCUT2D eigenvalue weighted by molar-refractivity contribution is 0.416. The van der Waals surface area contributed by atoms with Crippen LogP contribution >= 0.6 is 11.6 Å². The molecule has 0 fully saturated rings. The Morgan fingerprint density at radius 3 is 3.00 bits per heavy atom. The first-order chi connectivity index (χ1) is 8.78. The molecule has 90 valence electrons. The lowest BCUT2D eigenvalue weighted by Crippen LogP contribution is -1.89. The number of nitrogens with zero attached hydrogens (tertiary/aromatic N) is 3. The summed E-state index contributed by atoms with van der Waals surface area (Å²) in [5.74, 6) is 1.34. The zero-order chi connectivity index (χ0) is 12.5. The molecule has 0 aliphatic heterocycles. The van der Waals surface area contributed by atoms with Gasteiger partial charge in [0.15, 0.2) is 5.65 Å². The molecule has 0 saturated heterocycles. The Labute approximate surface area is 108 Å². The average molecular weight is 261 g/mol. The predicted molar refractivity (Wildman–Crippen MR) is 68.7 cm³/mol. The van der Waals surface area contributed by atoms with E-state index in [2.05, 4.69) is 19.9 Å². The van der Waals surface area contributed by atoms with Crippen molar-refractivity contribution in [1.82, 2.24) is 19.9 Å². The molecule has 0 radical (unpaired) electrons. The molecule has 3 aromatic rings. The lowest BCUT2D eigenvalue weighted by Gasteiger charge is -2.05. The van der Waals surface area contributed by atoms with E-state index in [0.717, 1.165) is 11.1 Å². The molecule has 0 saturated carbocycles. The Kier molecular flexibility index (Phi) is 2.60. The highest BCUT2D eigenvalue weighted by Gasteiger charge is 2.11. The van der Waals surface area contributed by atoms with Crippen LogP contribution < -0.4 is 4.74 Å². The van der Waals surface area contributed by atoms with Crippen molar-refractivity contribution in [2.24, 2.45) is 0 Å². The van der Waals surface area contributed by atoms with E-state index in [1.807, 2.05) is 6.07 Å². The quantitative estimate of drug-likeness (QED) is 0.769. The second-order valence-electron chi connectivity index (χ2n) is 3.69. The first-order valence-corrected chi connectivity index (χ1v) is 5.65. The number of ether oxygens (including phenoxy) is 1. The number of H-pyrrole nitrogens is 1. The summed E-state index contributed by atoms with van der Waals surface area (Å²) < 4.78 is 5.30. The molecule has 0 aliphatic carbocycles. The van der Waals surface area contributed by atoms with Crippen molar-refractivity contribution >= 4 is 22.8 Å².